The summed E-state index contributed by atoms with van der Waals surface area (Å²) in [7, 11) is 0. The van der Waals surface area contributed by atoms with Crippen molar-refractivity contribution < 1.29 is 4.39 Å². The van der Waals surface area contributed by atoms with Crippen LogP contribution in [0.1, 0.15) is 37.3 Å². The third kappa shape index (κ3) is 3.92. The van der Waals surface area contributed by atoms with Crippen LogP contribution in [0.4, 0.5) is 4.39 Å². The number of unbranched alkanes of at least 4 members (excludes halogenated alkanes) is 2. The van der Waals surface area contributed by atoms with E-state index in [9.17, 15) is 4.39 Å². The van der Waals surface area contributed by atoms with Gasteiger partial charge in [0.25, 0.3) is 0 Å². The predicted octanol–water partition coefficient (Wildman–Crippen LogP) is 6.12. The average molecular weight is 335 g/mol. The third-order valence-electron chi connectivity index (χ3n) is 3.52. The van der Waals surface area contributed by atoms with Gasteiger partial charge in [0.15, 0.2) is 0 Å². The quantitative estimate of drug-likeness (QED) is 0.441. The molecule has 0 atom stereocenters. The number of alkyl halides is 1. The van der Waals surface area contributed by atoms with Gasteiger partial charge >= 0.3 is 0 Å². The molecular formula is C18H20BrF. The molecule has 0 amide bonds. The second-order valence-electron chi connectivity index (χ2n) is 5.10. The van der Waals surface area contributed by atoms with Crippen LogP contribution in [0, 0.1) is 5.82 Å². The van der Waals surface area contributed by atoms with Crippen molar-refractivity contribution in [3.05, 3.63) is 59.4 Å². The van der Waals surface area contributed by atoms with Crippen LogP contribution in [-0.4, -0.2) is 0 Å². The van der Waals surface area contributed by atoms with Crippen LogP contribution < -0.4 is 0 Å². The van der Waals surface area contributed by atoms with Crippen molar-refractivity contribution in [3.63, 3.8) is 0 Å². The van der Waals surface area contributed by atoms with Gasteiger partial charge in [0.1, 0.15) is 5.82 Å². The van der Waals surface area contributed by atoms with Crippen LogP contribution in [0.3, 0.4) is 0 Å². The first-order chi connectivity index (χ1) is 9.74. The minimum atomic E-state index is -0.120. The Kier molecular flexibility index (Phi) is 5.78. The average Bonchev–Trinajstić information content (AvgIpc) is 2.48. The Balaban J connectivity index is 2.15. The Labute approximate surface area is 129 Å². The maximum atomic E-state index is 14.2. The summed E-state index contributed by atoms with van der Waals surface area (Å²) in [4.78, 5) is 0. The van der Waals surface area contributed by atoms with E-state index >= 15 is 0 Å². The molecular weight excluding hydrogens is 315 g/mol. The lowest BCUT2D eigenvalue weighted by molar-refractivity contribution is 0.626. The van der Waals surface area contributed by atoms with Crippen molar-refractivity contribution in [2.24, 2.45) is 0 Å². The van der Waals surface area contributed by atoms with E-state index in [4.69, 9.17) is 0 Å². The predicted molar refractivity (Wildman–Crippen MR) is 87.7 cm³/mol. The number of hydrogen-bond acceptors (Lipinski definition) is 0. The van der Waals surface area contributed by atoms with Gasteiger partial charge in [-0.1, -0.05) is 72.1 Å². The molecule has 2 aromatic rings. The Morgan fingerprint density at radius 2 is 1.65 bits per heavy atom. The zero-order valence-electron chi connectivity index (χ0n) is 11.8. The van der Waals surface area contributed by atoms with Crippen molar-refractivity contribution >= 4 is 15.9 Å². The molecule has 2 aromatic carbocycles. The molecule has 0 N–H and O–H groups in total. The molecule has 0 saturated carbocycles. The molecule has 106 valence electrons. The molecule has 0 spiro atoms. The number of rotatable bonds is 6. The fourth-order valence-corrected chi connectivity index (χ4v) is 2.67. The lowest BCUT2D eigenvalue weighted by atomic mass is 10.00. The summed E-state index contributed by atoms with van der Waals surface area (Å²) in [5.74, 6) is -0.120. The van der Waals surface area contributed by atoms with Crippen LogP contribution in [0.25, 0.3) is 11.1 Å². The zero-order valence-corrected chi connectivity index (χ0v) is 13.4. The van der Waals surface area contributed by atoms with Crippen LogP contribution in [0.15, 0.2) is 42.5 Å². The van der Waals surface area contributed by atoms with Crippen molar-refractivity contribution in [3.8, 4) is 11.1 Å². The summed E-state index contributed by atoms with van der Waals surface area (Å²) >= 11 is 3.42. The van der Waals surface area contributed by atoms with Crippen molar-refractivity contribution in [1.29, 1.82) is 0 Å². The van der Waals surface area contributed by atoms with Crippen LogP contribution >= 0.6 is 15.9 Å². The molecule has 2 heteroatoms. The molecule has 0 saturated heterocycles. The van der Waals surface area contributed by atoms with Gasteiger partial charge in [0.2, 0.25) is 0 Å². The van der Waals surface area contributed by atoms with E-state index in [0.717, 1.165) is 29.3 Å². The van der Waals surface area contributed by atoms with E-state index in [1.54, 1.807) is 6.07 Å². The largest absolute Gasteiger partial charge is 0.206 e. The maximum absolute atomic E-state index is 14.2. The summed E-state index contributed by atoms with van der Waals surface area (Å²) in [6.45, 7) is 2.18. The molecule has 0 heterocycles. The Hall–Kier alpha value is -1.15. The molecule has 20 heavy (non-hydrogen) atoms. The lowest BCUT2D eigenvalue weighted by Crippen LogP contribution is -1.90. The third-order valence-corrected chi connectivity index (χ3v) is 4.17. The van der Waals surface area contributed by atoms with Crippen LogP contribution in [0.2, 0.25) is 0 Å². The number of halogens is 2. The smallest absolute Gasteiger partial charge is 0.131 e. The molecule has 0 aliphatic heterocycles. The molecule has 0 aliphatic carbocycles. The summed E-state index contributed by atoms with van der Waals surface area (Å²) in [5, 5.41) is 0.826. The monoisotopic (exact) mass is 334 g/mol. The lowest BCUT2D eigenvalue weighted by Gasteiger charge is -2.07. The molecule has 0 radical (unpaired) electrons. The topological polar surface area (TPSA) is 0 Å². The number of hydrogen-bond donors (Lipinski definition) is 0. The van der Waals surface area contributed by atoms with Gasteiger partial charge in [-0.05, 0) is 35.6 Å². The van der Waals surface area contributed by atoms with Gasteiger partial charge in [-0.3, -0.25) is 0 Å². The first-order valence-electron chi connectivity index (χ1n) is 7.18. The SMILES string of the molecule is CCCCCc1ccc(-c2ccc(CBr)cc2)c(F)c1. The molecule has 2 rings (SSSR count). The highest BCUT2D eigenvalue weighted by Gasteiger charge is 2.06. The van der Waals surface area contributed by atoms with Crippen molar-refractivity contribution in [1.82, 2.24) is 0 Å². The van der Waals surface area contributed by atoms with E-state index in [1.165, 1.54) is 18.4 Å². The van der Waals surface area contributed by atoms with Gasteiger partial charge in [0.05, 0.1) is 0 Å². The minimum Gasteiger partial charge on any atom is -0.206 e. The minimum absolute atomic E-state index is 0.120. The van der Waals surface area contributed by atoms with Gasteiger partial charge < -0.3 is 0 Å². The van der Waals surface area contributed by atoms with E-state index in [2.05, 4.69) is 22.9 Å². The highest BCUT2D eigenvalue weighted by molar-refractivity contribution is 9.08. The zero-order chi connectivity index (χ0) is 14.4. The molecule has 0 unspecified atom stereocenters. The van der Waals surface area contributed by atoms with Crippen LogP contribution in [0.5, 0.6) is 0 Å². The fraction of sp³-hybridized carbons (Fsp3) is 0.333. The molecule has 0 fully saturated rings. The van der Waals surface area contributed by atoms with E-state index < -0.39 is 0 Å². The number of benzene rings is 2. The highest BCUT2D eigenvalue weighted by atomic mass is 79.9. The summed E-state index contributed by atoms with van der Waals surface area (Å²) < 4.78 is 14.2. The van der Waals surface area contributed by atoms with Crippen molar-refractivity contribution in [2.75, 3.05) is 0 Å². The standard InChI is InChI=1S/C18H20BrF/c1-2-3-4-5-14-8-11-17(18(20)12-14)16-9-6-15(13-19)7-10-16/h6-12H,2-5,13H2,1H3. The second kappa shape index (κ2) is 7.58. The number of aryl methyl sites for hydroxylation is 1. The first-order valence-corrected chi connectivity index (χ1v) is 8.30. The molecule has 0 nitrogen and oxygen atoms in total. The Morgan fingerprint density at radius 1 is 0.950 bits per heavy atom. The van der Waals surface area contributed by atoms with Gasteiger partial charge in [-0.15, -0.1) is 0 Å². The molecule has 0 aliphatic rings. The highest BCUT2D eigenvalue weighted by Crippen LogP contribution is 2.25. The van der Waals surface area contributed by atoms with Crippen LogP contribution in [-0.2, 0) is 11.8 Å². The van der Waals surface area contributed by atoms with E-state index in [1.807, 2.05) is 36.4 Å². The van der Waals surface area contributed by atoms with Gasteiger partial charge in [-0.25, -0.2) is 4.39 Å². The van der Waals surface area contributed by atoms with Crippen molar-refractivity contribution in [2.45, 2.75) is 37.9 Å². The summed E-state index contributed by atoms with van der Waals surface area (Å²) in [6, 6.07) is 13.6. The van der Waals surface area contributed by atoms with Gasteiger partial charge in [0, 0.05) is 10.9 Å². The van der Waals surface area contributed by atoms with E-state index in [-0.39, 0.29) is 5.82 Å². The van der Waals surface area contributed by atoms with E-state index in [0.29, 0.717) is 5.56 Å². The molecule has 0 aromatic heterocycles. The van der Waals surface area contributed by atoms with Gasteiger partial charge in [-0.2, -0.15) is 0 Å². The Bertz CT molecular complexity index is 546. The fourth-order valence-electron chi connectivity index (χ4n) is 2.30. The molecule has 0 bridgehead atoms. The second-order valence-corrected chi connectivity index (χ2v) is 5.66. The summed E-state index contributed by atoms with van der Waals surface area (Å²) in [6.07, 6.45) is 4.50. The summed E-state index contributed by atoms with van der Waals surface area (Å²) in [5.41, 5.74) is 3.92. The Morgan fingerprint density at radius 3 is 2.25 bits per heavy atom. The maximum Gasteiger partial charge on any atom is 0.131 e. The normalized spacial score (nSPS) is 10.8. The first kappa shape index (κ1) is 15.2.